The van der Waals surface area contributed by atoms with Gasteiger partial charge >= 0.3 is 0 Å². The van der Waals surface area contributed by atoms with Crippen LogP contribution in [0.2, 0.25) is 0 Å². The van der Waals surface area contributed by atoms with Gasteiger partial charge < -0.3 is 9.47 Å². The summed E-state index contributed by atoms with van der Waals surface area (Å²) in [5.74, 6) is 1.19. The molecule has 1 N–H and O–H groups in total. The first kappa shape index (κ1) is 22.6. The molecular formula is C22H27N3O5S. The molecule has 1 aliphatic heterocycles. The number of nitrogens with one attached hydrogen (secondary N) is 1. The summed E-state index contributed by atoms with van der Waals surface area (Å²) in [7, 11) is -0.241. The zero-order valence-corrected chi connectivity index (χ0v) is 18.9. The fourth-order valence-corrected chi connectivity index (χ4v) is 4.11. The van der Waals surface area contributed by atoms with Crippen LogP contribution in [0.15, 0.2) is 47.6 Å². The van der Waals surface area contributed by atoms with E-state index in [1.54, 1.807) is 38.5 Å². The predicted molar refractivity (Wildman–Crippen MR) is 120 cm³/mol. The molecule has 0 aromatic heterocycles. The highest BCUT2D eigenvalue weighted by Crippen LogP contribution is 2.39. The van der Waals surface area contributed by atoms with Gasteiger partial charge in [-0.1, -0.05) is 19.1 Å². The molecule has 1 unspecified atom stereocenters. The maximum absolute atomic E-state index is 12.8. The largest absolute Gasteiger partial charge is 0.497 e. The molecule has 31 heavy (non-hydrogen) atoms. The third kappa shape index (κ3) is 5.35. The Bertz CT molecular complexity index is 1100. The maximum Gasteiger partial charge on any atom is 0.243 e. The number of hydrazone groups is 1. The van der Waals surface area contributed by atoms with Gasteiger partial charge in [0, 0.05) is 30.2 Å². The minimum Gasteiger partial charge on any atom is -0.497 e. The van der Waals surface area contributed by atoms with Crippen molar-refractivity contribution in [3.63, 3.8) is 0 Å². The van der Waals surface area contributed by atoms with Gasteiger partial charge in [0.25, 0.3) is 0 Å². The molecule has 166 valence electrons. The minimum atomic E-state index is -3.40. The van der Waals surface area contributed by atoms with Crippen molar-refractivity contribution in [3.8, 4) is 11.5 Å². The smallest absolute Gasteiger partial charge is 0.243 e. The Morgan fingerprint density at radius 2 is 1.97 bits per heavy atom. The van der Waals surface area contributed by atoms with Gasteiger partial charge in [0.2, 0.25) is 15.9 Å². The second-order valence-electron chi connectivity index (χ2n) is 7.32. The monoisotopic (exact) mass is 445 g/mol. The van der Waals surface area contributed by atoms with Crippen LogP contribution in [-0.4, -0.2) is 45.5 Å². The van der Waals surface area contributed by atoms with Crippen LogP contribution in [0.25, 0.3) is 0 Å². The van der Waals surface area contributed by atoms with E-state index in [4.69, 9.17) is 9.47 Å². The van der Waals surface area contributed by atoms with E-state index in [0.29, 0.717) is 42.2 Å². The number of sulfonamides is 1. The van der Waals surface area contributed by atoms with Crippen LogP contribution in [0.4, 0.5) is 5.69 Å². The first-order valence-corrected chi connectivity index (χ1v) is 11.8. The van der Waals surface area contributed by atoms with E-state index in [1.165, 1.54) is 5.01 Å². The molecule has 1 amide bonds. The Hall–Kier alpha value is -3.07. The number of methoxy groups -OCH3 is 2. The molecule has 0 saturated heterocycles. The number of ether oxygens (including phenoxy) is 2. The number of benzene rings is 2. The molecule has 1 heterocycles. The van der Waals surface area contributed by atoms with Crippen molar-refractivity contribution in [1.82, 2.24) is 5.01 Å². The SMILES string of the molecule is CCCC(=O)N1N=C(c2cccc(NS(C)(=O)=O)c2)CC1c1ccc(OC)cc1OC. The molecule has 0 bridgehead atoms. The Balaban J connectivity index is 1.99. The van der Waals surface area contributed by atoms with Crippen molar-refractivity contribution < 1.29 is 22.7 Å². The Kier molecular flexibility index (Phi) is 6.84. The first-order chi connectivity index (χ1) is 14.8. The normalized spacial score (nSPS) is 16.1. The topological polar surface area (TPSA) is 97.3 Å². The third-order valence-corrected chi connectivity index (χ3v) is 5.53. The first-order valence-electron chi connectivity index (χ1n) is 9.95. The van der Waals surface area contributed by atoms with Gasteiger partial charge in [-0.2, -0.15) is 5.10 Å². The molecule has 0 spiro atoms. The van der Waals surface area contributed by atoms with Gasteiger partial charge in [-0.3, -0.25) is 9.52 Å². The molecule has 0 radical (unpaired) electrons. The number of anilines is 1. The summed E-state index contributed by atoms with van der Waals surface area (Å²) < 4.78 is 36.5. The standard InChI is InChI=1S/C22H27N3O5S/c1-5-7-22(26)25-20(18-11-10-17(29-2)13-21(18)30-3)14-19(23-25)15-8-6-9-16(12-15)24-31(4,27)28/h6,8-13,20,24H,5,7,14H2,1-4H3. The number of nitrogens with zero attached hydrogens (tertiary/aromatic N) is 2. The van der Waals surface area contributed by atoms with Crippen molar-refractivity contribution in [1.29, 1.82) is 0 Å². The Morgan fingerprint density at radius 3 is 2.61 bits per heavy atom. The van der Waals surface area contributed by atoms with Crippen molar-refractivity contribution in [2.75, 3.05) is 25.2 Å². The molecule has 3 rings (SSSR count). The van der Waals surface area contributed by atoms with Gasteiger partial charge in [0.1, 0.15) is 11.5 Å². The van der Waals surface area contributed by atoms with Crippen LogP contribution in [0.1, 0.15) is 43.4 Å². The Morgan fingerprint density at radius 1 is 1.19 bits per heavy atom. The van der Waals surface area contributed by atoms with Crippen LogP contribution in [0, 0.1) is 0 Å². The lowest BCUT2D eigenvalue weighted by molar-refractivity contribution is -0.133. The van der Waals surface area contributed by atoms with E-state index in [0.717, 1.165) is 17.4 Å². The van der Waals surface area contributed by atoms with Crippen molar-refractivity contribution >= 4 is 27.3 Å². The van der Waals surface area contributed by atoms with Gasteiger partial charge in [-0.05, 0) is 36.2 Å². The summed E-state index contributed by atoms with van der Waals surface area (Å²) in [4.78, 5) is 12.8. The fourth-order valence-electron chi connectivity index (χ4n) is 3.56. The summed E-state index contributed by atoms with van der Waals surface area (Å²) in [5.41, 5.74) is 2.72. The van der Waals surface area contributed by atoms with E-state index in [1.807, 2.05) is 25.1 Å². The molecule has 0 saturated carbocycles. The molecule has 0 aliphatic carbocycles. The summed E-state index contributed by atoms with van der Waals surface area (Å²) in [6.45, 7) is 1.95. The zero-order chi connectivity index (χ0) is 22.6. The lowest BCUT2D eigenvalue weighted by atomic mass is 9.97. The van der Waals surface area contributed by atoms with Gasteiger partial charge in [-0.15, -0.1) is 0 Å². The van der Waals surface area contributed by atoms with Crippen LogP contribution in [0.5, 0.6) is 11.5 Å². The number of carbonyl (C=O) groups is 1. The van der Waals surface area contributed by atoms with Gasteiger partial charge in [0.15, 0.2) is 0 Å². The molecule has 9 heteroatoms. The second kappa shape index (κ2) is 9.38. The average molecular weight is 446 g/mol. The highest BCUT2D eigenvalue weighted by molar-refractivity contribution is 7.92. The van der Waals surface area contributed by atoms with Crippen molar-refractivity contribution in [2.45, 2.75) is 32.2 Å². The lowest BCUT2D eigenvalue weighted by Gasteiger charge is -2.24. The summed E-state index contributed by atoms with van der Waals surface area (Å²) in [5, 5.41) is 6.14. The summed E-state index contributed by atoms with van der Waals surface area (Å²) >= 11 is 0. The van der Waals surface area contributed by atoms with Crippen LogP contribution < -0.4 is 14.2 Å². The minimum absolute atomic E-state index is 0.0780. The number of carbonyl (C=O) groups excluding carboxylic acids is 1. The molecule has 1 aliphatic rings. The zero-order valence-electron chi connectivity index (χ0n) is 18.1. The average Bonchev–Trinajstić information content (AvgIpc) is 3.18. The molecule has 0 fully saturated rings. The maximum atomic E-state index is 12.8. The molecule has 1 atom stereocenters. The number of hydrogen-bond acceptors (Lipinski definition) is 6. The number of rotatable bonds is 8. The highest BCUT2D eigenvalue weighted by Gasteiger charge is 2.34. The lowest BCUT2D eigenvalue weighted by Crippen LogP contribution is -2.27. The van der Waals surface area contributed by atoms with Gasteiger partial charge in [0.05, 0.1) is 32.2 Å². The molecular weight excluding hydrogens is 418 g/mol. The molecule has 2 aromatic rings. The summed E-state index contributed by atoms with van der Waals surface area (Å²) in [6, 6.07) is 12.2. The van der Waals surface area contributed by atoms with E-state index < -0.39 is 10.0 Å². The Labute approximate surface area is 182 Å². The van der Waals surface area contributed by atoms with E-state index in [2.05, 4.69) is 9.82 Å². The molecule has 2 aromatic carbocycles. The van der Waals surface area contributed by atoms with Crippen LogP contribution >= 0.6 is 0 Å². The van der Waals surface area contributed by atoms with E-state index in [-0.39, 0.29) is 11.9 Å². The van der Waals surface area contributed by atoms with Crippen LogP contribution in [-0.2, 0) is 14.8 Å². The predicted octanol–water partition coefficient (Wildman–Crippen LogP) is 3.55. The van der Waals surface area contributed by atoms with E-state index in [9.17, 15) is 13.2 Å². The number of hydrogen-bond donors (Lipinski definition) is 1. The van der Waals surface area contributed by atoms with Gasteiger partial charge in [-0.25, -0.2) is 13.4 Å². The van der Waals surface area contributed by atoms with E-state index >= 15 is 0 Å². The quantitative estimate of drug-likeness (QED) is 0.670. The third-order valence-electron chi connectivity index (χ3n) is 4.93. The fraction of sp³-hybridized carbons (Fsp3) is 0.364. The number of amides is 1. The van der Waals surface area contributed by atoms with Crippen molar-refractivity contribution in [3.05, 3.63) is 53.6 Å². The summed E-state index contributed by atoms with van der Waals surface area (Å²) in [6.07, 6.45) is 2.66. The van der Waals surface area contributed by atoms with Crippen LogP contribution in [0.3, 0.4) is 0 Å². The molecule has 8 nitrogen and oxygen atoms in total. The second-order valence-corrected chi connectivity index (χ2v) is 9.07. The van der Waals surface area contributed by atoms with Crippen molar-refractivity contribution in [2.24, 2.45) is 5.10 Å². The highest BCUT2D eigenvalue weighted by atomic mass is 32.2.